The Balaban J connectivity index is 1.25. The number of methoxy groups -OCH3 is 2. The lowest BCUT2D eigenvalue weighted by molar-refractivity contribution is -0.147. The number of benzene rings is 2. The van der Waals surface area contributed by atoms with Crippen molar-refractivity contribution in [1.29, 1.82) is 5.26 Å². The molecule has 2 saturated carbocycles. The van der Waals surface area contributed by atoms with E-state index in [1.165, 1.54) is 56.8 Å². The number of rotatable bonds is 11. The molecule has 1 spiro atoms. The van der Waals surface area contributed by atoms with Crippen molar-refractivity contribution >= 4 is 27.5 Å². The van der Waals surface area contributed by atoms with Crippen molar-refractivity contribution in [2.45, 2.75) is 56.0 Å². The second kappa shape index (κ2) is 13.7. The van der Waals surface area contributed by atoms with E-state index in [1.807, 2.05) is 0 Å². The number of hydrogen-bond acceptors (Lipinski definition) is 11. The Labute approximate surface area is 304 Å². The molecular weight excluding hydrogens is 685 g/mol. The fourth-order valence-corrected chi connectivity index (χ4v) is 10.2. The van der Waals surface area contributed by atoms with Gasteiger partial charge in [0.15, 0.2) is 5.54 Å². The maximum absolute atomic E-state index is 15.2. The highest BCUT2D eigenvalue weighted by atomic mass is 32.2. The number of aromatic nitrogens is 1. The van der Waals surface area contributed by atoms with E-state index in [4.69, 9.17) is 14.2 Å². The average molecular weight is 729 g/mol. The lowest BCUT2D eigenvalue weighted by Crippen LogP contribution is -2.63. The molecule has 3 heterocycles. The number of anilines is 1. The Morgan fingerprint density at radius 2 is 1.75 bits per heavy atom. The summed E-state index contributed by atoms with van der Waals surface area (Å²) < 4.78 is 46.6. The largest absolute Gasteiger partial charge is 0.497 e. The number of hydrogen-bond donors (Lipinski definition) is 1. The molecule has 2 amide bonds. The van der Waals surface area contributed by atoms with Crippen LogP contribution in [-0.2, 0) is 25.2 Å². The number of piperazine rings is 1. The van der Waals surface area contributed by atoms with E-state index in [1.54, 1.807) is 19.1 Å². The Hall–Kier alpha value is -4.71. The maximum Gasteiger partial charge on any atom is 0.276 e. The highest BCUT2D eigenvalue weighted by Crippen LogP contribution is 2.60. The van der Waals surface area contributed by atoms with Crippen LogP contribution in [0.2, 0.25) is 0 Å². The number of sulfonamides is 1. The van der Waals surface area contributed by atoms with Gasteiger partial charge in [0.1, 0.15) is 16.4 Å². The first kappa shape index (κ1) is 35.7. The molecular formula is C38H44N6O7S. The first-order chi connectivity index (χ1) is 25.0. The third-order valence-corrected chi connectivity index (χ3v) is 13.1. The molecule has 14 heteroatoms. The molecule has 274 valence electrons. The number of fused-ring (bicyclic) bond motifs is 1. The van der Waals surface area contributed by atoms with Gasteiger partial charge in [0, 0.05) is 56.0 Å². The van der Waals surface area contributed by atoms with Gasteiger partial charge in [-0.1, -0.05) is 6.92 Å². The lowest BCUT2D eigenvalue weighted by Gasteiger charge is -2.60. The quantitative estimate of drug-likeness (QED) is 0.308. The van der Waals surface area contributed by atoms with Crippen molar-refractivity contribution in [3.05, 3.63) is 71.4 Å². The lowest BCUT2D eigenvalue weighted by atomic mass is 9.49. The van der Waals surface area contributed by atoms with E-state index in [-0.39, 0.29) is 62.7 Å². The number of nitriles is 1. The highest BCUT2D eigenvalue weighted by molar-refractivity contribution is 7.93. The van der Waals surface area contributed by atoms with Crippen LogP contribution in [0.15, 0.2) is 59.6 Å². The van der Waals surface area contributed by atoms with Gasteiger partial charge >= 0.3 is 0 Å². The molecule has 4 aliphatic rings. The summed E-state index contributed by atoms with van der Waals surface area (Å²) in [7, 11) is -1.91. The van der Waals surface area contributed by atoms with Gasteiger partial charge < -0.3 is 24.4 Å². The van der Waals surface area contributed by atoms with Crippen molar-refractivity contribution < 1.29 is 32.2 Å². The molecule has 1 atom stereocenters. The topological polar surface area (TPSA) is 154 Å². The van der Waals surface area contributed by atoms with Crippen LogP contribution in [0.25, 0.3) is 0 Å². The first-order valence-corrected chi connectivity index (χ1v) is 19.2. The summed E-state index contributed by atoms with van der Waals surface area (Å²) in [4.78, 5) is 38.8. The molecule has 1 aromatic heterocycles. The van der Waals surface area contributed by atoms with Gasteiger partial charge in [0.05, 0.1) is 43.7 Å². The summed E-state index contributed by atoms with van der Waals surface area (Å²) in [5.41, 5.74) is -1.55. The minimum atomic E-state index is -4.68. The van der Waals surface area contributed by atoms with Crippen molar-refractivity contribution in [2.75, 3.05) is 57.9 Å². The number of ether oxygens (including phenoxy) is 3. The zero-order valence-corrected chi connectivity index (χ0v) is 30.7. The van der Waals surface area contributed by atoms with Crippen LogP contribution in [0.5, 0.6) is 17.4 Å². The molecule has 0 unspecified atom stereocenters. The molecule has 2 aromatic carbocycles. The summed E-state index contributed by atoms with van der Waals surface area (Å²) in [6.07, 6.45) is 4.92. The van der Waals surface area contributed by atoms with Crippen molar-refractivity contribution in [3.8, 4) is 23.4 Å². The molecule has 7 rings (SSSR count). The standard InChI is InChI=1S/C38H44N6O7S/c1-5-42-14-16-43(17-15-42)27-22-37(23-27)20-26(21-37)34(45)41-38(29-8-7-13-40-35(29)51-6-2)30-18-25(24-39)9-11-31(30)44(36(38)46)52(47,48)33-12-10-28(49-3)19-32(33)50-4/h7-13,18-19,26-27H,5-6,14-17,20-23H2,1-4H3,(H,41,45)/t26?,27?,37?,38-/m1/s1. The number of nitrogens with one attached hydrogen (secondary N) is 1. The average Bonchev–Trinajstić information content (AvgIpc) is 3.37. The van der Waals surface area contributed by atoms with Crippen LogP contribution >= 0.6 is 0 Å². The third-order valence-electron chi connectivity index (χ3n) is 11.3. The molecule has 2 aliphatic carbocycles. The molecule has 1 saturated heterocycles. The summed E-state index contributed by atoms with van der Waals surface area (Å²) in [5, 5.41) is 13.0. The molecule has 2 aliphatic heterocycles. The summed E-state index contributed by atoms with van der Waals surface area (Å²) in [6, 6.07) is 14.3. The van der Waals surface area contributed by atoms with Crippen molar-refractivity contribution in [1.82, 2.24) is 20.1 Å². The van der Waals surface area contributed by atoms with Crippen LogP contribution in [0.1, 0.15) is 56.2 Å². The summed E-state index contributed by atoms with van der Waals surface area (Å²) >= 11 is 0. The van der Waals surface area contributed by atoms with E-state index in [2.05, 4.69) is 33.1 Å². The van der Waals surface area contributed by atoms with Gasteiger partial charge in [0.2, 0.25) is 11.8 Å². The summed E-state index contributed by atoms with van der Waals surface area (Å²) in [6.45, 7) is 9.48. The zero-order valence-electron chi connectivity index (χ0n) is 29.9. The second-order valence-electron chi connectivity index (χ2n) is 14.1. The van der Waals surface area contributed by atoms with Crippen molar-refractivity contribution in [3.63, 3.8) is 0 Å². The number of amides is 2. The molecule has 3 aromatic rings. The van der Waals surface area contributed by atoms with E-state index in [9.17, 15) is 18.5 Å². The fraction of sp³-hybridized carbons (Fsp3) is 0.474. The first-order valence-electron chi connectivity index (χ1n) is 17.8. The predicted molar refractivity (Wildman–Crippen MR) is 192 cm³/mol. The van der Waals surface area contributed by atoms with Gasteiger partial charge in [-0.15, -0.1) is 0 Å². The number of carbonyl (C=O) groups is 2. The minimum absolute atomic E-state index is 0.0106. The van der Waals surface area contributed by atoms with Gasteiger partial charge in [-0.05, 0) is 87.0 Å². The van der Waals surface area contributed by atoms with Gasteiger partial charge in [-0.3, -0.25) is 14.5 Å². The monoisotopic (exact) mass is 728 g/mol. The zero-order chi connectivity index (χ0) is 36.8. The molecule has 0 radical (unpaired) electrons. The van der Waals surface area contributed by atoms with Crippen LogP contribution in [-0.4, -0.2) is 94.6 Å². The Morgan fingerprint density at radius 1 is 1.00 bits per heavy atom. The smallest absolute Gasteiger partial charge is 0.276 e. The third kappa shape index (κ3) is 5.75. The van der Waals surface area contributed by atoms with E-state index in [0.29, 0.717) is 28.9 Å². The van der Waals surface area contributed by atoms with Crippen molar-refractivity contribution in [2.24, 2.45) is 11.3 Å². The SMILES string of the molecule is CCOc1ncccc1[C@]1(NC(=O)C2CC3(C2)CC(N2CCN(CC)CC2)C3)C(=O)N(S(=O)(=O)c2ccc(OC)cc2OC)c2ccc(C#N)cc21. The Morgan fingerprint density at radius 3 is 2.40 bits per heavy atom. The number of likely N-dealkylation sites (N-methyl/N-ethyl adjacent to an activating group) is 1. The minimum Gasteiger partial charge on any atom is -0.497 e. The van der Waals surface area contributed by atoms with Gasteiger partial charge in [-0.25, -0.2) is 13.4 Å². The molecule has 13 nitrogen and oxygen atoms in total. The van der Waals surface area contributed by atoms with Crippen LogP contribution < -0.4 is 23.8 Å². The van der Waals surface area contributed by atoms with Crippen LogP contribution in [0.3, 0.4) is 0 Å². The predicted octanol–water partition coefficient (Wildman–Crippen LogP) is 3.66. The highest BCUT2D eigenvalue weighted by Gasteiger charge is 2.61. The van der Waals surface area contributed by atoms with Gasteiger partial charge in [0.25, 0.3) is 15.9 Å². The number of pyridine rings is 1. The summed E-state index contributed by atoms with van der Waals surface area (Å²) in [5.74, 6) is -1.34. The van der Waals surface area contributed by atoms with Crippen LogP contribution in [0, 0.1) is 22.7 Å². The number of nitrogens with zero attached hydrogens (tertiary/aromatic N) is 5. The second-order valence-corrected chi connectivity index (χ2v) is 15.9. The van der Waals surface area contributed by atoms with E-state index in [0.717, 1.165) is 45.6 Å². The fourth-order valence-electron chi connectivity index (χ4n) is 8.60. The van der Waals surface area contributed by atoms with E-state index >= 15 is 4.79 Å². The molecule has 0 bridgehead atoms. The maximum atomic E-state index is 15.2. The Bertz CT molecular complexity index is 2030. The molecule has 3 fully saturated rings. The van der Waals surface area contributed by atoms with E-state index < -0.39 is 21.5 Å². The molecule has 1 N–H and O–H groups in total. The number of carbonyl (C=O) groups excluding carboxylic acids is 2. The van der Waals surface area contributed by atoms with Crippen LogP contribution in [0.4, 0.5) is 5.69 Å². The van der Waals surface area contributed by atoms with Gasteiger partial charge in [-0.2, -0.15) is 9.57 Å². The normalized spacial score (nSPS) is 25.8. The molecule has 52 heavy (non-hydrogen) atoms. The Kier molecular flexibility index (Phi) is 9.39.